The van der Waals surface area contributed by atoms with Crippen molar-refractivity contribution >= 4 is 40.5 Å². The van der Waals surface area contributed by atoms with Gasteiger partial charge >= 0.3 is 12.1 Å². The van der Waals surface area contributed by atoms with Crippen LogP contribution < -0.4 is 15.4 Å². The van der Waals surface area contributed by atoms with Gasteiger partial charge in [0.1, 0.15) is 5.75 Å². The van der Waals surface area contributed by atoms with E-state index in [1.807, 2.05) is 5.32 Å². The van der Waals surface area contributed by atoms with Crippen molar-refractivity contribution < 1.29 is 22.7 Å². The number of anilines is 1. The summed E-state index contributed by atoms with van der Waals surface area (Å²) < 4.78 is 42.0. The minimum absolute atomic E-state index is 0.191. The highest BCUT2D eigenvalue weighted by Gasteiger charge is 2.40. The molecule has 0 spiro atoms. The van der Waals surface area contributed by atoms with Crippen molar-refractivity contribution in [3.8, 4) is 5.75 Å². The molecular formula is C14H15ClF3N3O2S. The summed E-state index contributed by atoms with van der Waals surface area (Å²) in [6.45, 7) is 0.619. The maximum Gasteiger partial charge on any atom is 0.471 e. The molecule has 0 bridgehead atoms. The Morgan fingerprint density at radius 1 is 1.46 bits per heavy atom. The molecule has 2 rings (SSSR count). The van der Waals surface area contributed by atoms with Crippen molar-refractivity contribution in [1.82, 2.24) is 10.2 Å². The highest BCUT2D eigenvalue weighted by atomic mass is 35.5. The number of nitrogens with zero attached hydrogens (tertiary/aromatic N) is 1. The molecule has 0 radical (unpaired) electrons. The zero-order valence-corrected chi connectivity index (χ0v) is 14.2. The SMILES string of the molecule is COc1ccc(Cl)cc1NC(=S)N1CCC(NC(=O)C(F)(F)F)C1. The van der Waals surface area contributed by atoms with Crippen LogP contribution >= 0.6 is 23.8 Å². The van der Waals surface area contributed by atoms with E-state index in [9.17, 15) is 18.0 Å². The molecule has 1 fully saturated rings. The molecule has 1 atom stereocenters. The smallest absolute Gasteiger partial charge is 0.471 e. The Morgan fingerprint density at radius 2 is 2.17 bits per heavy atom. The van der Waals surface area contributed by atoms with Crippen LogP contribution in [0.2, 0.25) is 5.02 Å². The van der Waals surface area contributed by atoms with Gasteiger partial charge in [0.2, 0.25) is 0 Å². The van der Waals surface area contributed by atoms with Crippen molar-refractivity contribution in [2.45, 2.75) is 18.6 Å². The first-order chi connectivity index (χ1) is 11.2. The zero-order valence-electron chi connectivity index (χ0n) is 12.6. The lowest BCUT2D eigenvalue weighted by atomic mass is 10.2. The van der Waals surface area contributed by atoms with Gasteiger partial charge in [-0.3, -0.25) is 4.79 Å². The predicted octanol–water partition coefficient (Wildman–Crippen LogP) is 2.80. The highest BCUT2D eigenvalue weighted by Crippen LogP contribution is 2.28. The van der Waals surface area contributed by atoms with Crippen molar-refractivity contribution in [3.05, 3.63) is 23.2 Å². The molecule has 0 aliphatic carbocycles. The normalized spacial score (nSPS) is 17.5. The Balaban J connectivity index is 1.95. The van der Waals surface area contributed by atoms with Gasteiger partial charge in [-0.2, -0.15) is 13.2 Å². The molecule has 24 heavy (non-hydrogen) atoms. The number of rotatable bonds is 3. The minimum atomic E-state index is -4.89. The third-order valence-corrected chi connectivity index (χ3v) is 4.07. The number of amides is 1. The maximum absolute atomic E-state index is 12.3. The van der Waals surface area contributed by atoms with Crippen LogP contribution in [0.1, 0.15) is 6.42 Å². The fourth-order valence-electron chi connectivity index (χ4n) is 2.30. The highest BCUT2D eigenvalue weighted by molar-refractivity contribution is 7.80. The largest absolute Gasteiger partial charge is 0.495 e. The van der Waals surface area contributed by atoms with Gasteiger partial charge in [0, 0.05) is 24.2 Å². The van der Waals surface area contributed by atoms with Crippen LogP contribution in [0.4, 0.5) is 18.9 Å². The zero-order chi connectivity index (χ0) is 17.9. The summed E-state index contributed by atoms with van der Waals surface area (Å²) in [6, 6.07) is 4.35. The number of thiocarbonyl (C=S) groups is 1. The average molecular weight is 382 g/mol. The van der Waals surface area contributed by atoms with Crippen molar-refractivity contribution in [2.75, 3.05) is 25.5 Å². The van der Waals surface area contributed by atoms with E-state index in [4.69, 9.17) is 28.6 Å². The Hall–Kier alpha value is -1.74. The second-order valence-electron chi connectivity index (χ2n) is 5.18. The number of alkyl halides is 3. The van der Waals surface area contributed by atoms with Gasteiger partial charge in [0.15, 0.2) is 5.11 Å². The van der Waals surface area contributed by atoms with E-state index in [0.29, 0.717) is 34.5 Å². The third-order valence-electron chi connectivity index (χ3n) is 3.47. The molecule has 5 nitrogen and oxygen atoms in total. The van der Waals surface area contributed by atoms with Gasteiger partial charge < -0.3 is 20.3 Å². The van der Waals surface area contributed by atoms with Crippen LogP contribution in [0, 0.1) is 0 Å². The molecule has 1 aliphatic heterocycles. The molecule has 10 heteroatoms. The maximum atomic E-state index is 12.3. The number of hydrogen-bond acceptors (Lipinski definition) is 3. The van der Waals surface area contributed by atoms with E-state index in [2.05, 4.69) is 5.32 Å². The molecule has 1 amide bonds. The molecule has 0 aromatic heterocycles. The molecule has 1 heterocycles. The fourth-order valence-corrected chi connectivity index (χ4v) is 2.75. The summed E-state index contributed by atoms with van der Waals surface area (Å²) in [5, 5.41) is 5.72. The molecule has 1 aliphatic rings. The van der Waals surface area contributed by atoms with E-state index in [1.54, 1.807) is 23.1 Å². The summed E-state index contributed by atoms with van der Waals surface area (Å²) in [7, 11) is 1.50. The number of carbonyl (C=O) groups excluding carboxylic acids is 1. The van der Waals surface area contributed by atoms with Crippen LogP contribution in [0.5, 0.6) is 5.75 Å². The topological polar surface area (TPSA) is 53.6 Å². The molecule has 0 saturated carbocycles. The number of methoxy groups -OCH3 is 1. The van der Waals surface area contributed by atoms with E-state index >= 15 is 0 Å². The summed E-state index contributed by atoms with van der Waals surface area (Å²) in [5.74, 6) is -1.41. The van der Waals surface area contributed by atoms with Crippen molar-refractivity contribution in [1.29, 1.82) is 0 Å². The van der Waals surface area contributed by atoms with E-state index in [0.717, 1.165) is 0 Å². The van der Waals surface area contributed by atoms with Gasteiger partial charge in [-0.1, -0.05) is 11.6 Å². The molecule has 1 unspecified atom stereocenters. The lowest BCUT2D eigenvalue weighted by Crippen LogP contribution is -2.45. The Labute approximate surface area is 147 Å². The molecule has 132 valence electrons. The average Bonchev–Trinajstić information content (AvgIpc) is 2.95. The van der Waals surface area contributed by atoms with Crippen molar-refractivity contribution in [3.63, 3.8) is 0 Å². The summed E-state index contributed by atoms with van der Waals surface area (Å²) in [5.41, 5.74) is 0.553. The summed E-state index contributed by atoms with van der Waals surface area (Å²) >= 11 is 11.2. The predicted molar refractivity (Wildman–Crippen MR) is 88.4 cm³/mol. The third kappa shape index (κ3) is 4.64. The number of ether oxygens (including phenoxy) is 1. The second-order valence-corrected chi connectivity index (χ2v) is 6.00. The molecule has 2 N–H and O–H groups in total. The Kier molecular flexibility index (Phi) is 5.76. The van der Waals surface area contributed by atoms with E-state index in [1.165, 1.54) is 7.11 Å². The first-order valence-electron chi connectivity index (χ1n) is 6.98. The van der Waals surface area contributed by atoms with Gasteiger partial charge in [0.05, 0.1) is 12.8 Å². The van der Waals surface area contributed by atoms with Gasteiger partial charge in [-0.25, -0.2) is 0 Å². The van der Waals surface area contributed by atoms with Crippen LogP contribution in [0.25, 0.3) is 0 Å². The van der Waals surface area contributed by atoms with Crippen molar-refractivity contribution in [2.24, 2.45) is 0 Å². The summed E-state index contributed by atoms with van der Waals surface area (Å²) in [6.07, 6.45) is -4.52. The number of nitrogens with one attached hydrogen (secondary N) is 2. The molecular weight excluding hydrogens is 367 g/mol. The number of benzene rings is 1. The first kappa shape index (κ1) is 18.6. The van der Waals surface area contributed by atoms with Gasteiger partial charge in [0.25, 0.3) is 0 Å². The lowest BCUT2D eigenvalue weighted by molar-refractivity contribution is -0.174. The van der Waals surface area contributed by atoms with Gasteiger partial charge in [-0.05, 0) is 36.8 Å². The number of carbonyl (C=O) groups is 1. The molecule has 1 saturated heterocycles. The second kappa shape index (κ2) is 7.43. The number of hydrogen-bond donors (Lipinski definition) is 2. The quantitative estimate of drug-likeness (QED) is 0.789. The Bertz CT molecular complexity index is 642. The van der Waals surface area contributed by atoms with E-state index in [-0.39, 0.29) is 6.54 Å². The standard InChI is InChI=1S/C14H15ClF3N3O2S/c1-23-11-3-2-8(15)6-10(11)20-13(24)21-5-4-9(7-21)19-12(22)14(16,17)18/h2-3,6,9H,4-5,7H2,1H3,(H,19,22)(H,20,24). The minimum Gasteiger partial charge on any atom is -0.495 e. The molecule has 1 aromatic carbocycles. The van der Waals surface area contributed by atoms with Crippen LogP contribution in [0.3, 0.4) is 0 Å². The van der Waals surface area contributed by atoms with Gasteiger partial charge in [-0.15, -0.1) is 0 Å². The van der Waals surface area contributed by atoms with Crippen LogP contribution in [-0.2, 0) is 4.79 Å². The van der Waals surface area contributed by atoms with Crippen LogP contribution in [-0.4, -0.2) is 48.3 Å². The first-order valence-corrected chi connectivity index (χ1v) is 7.76. The number of likely N-dealkylation sites (tertiary alicyclic amines) is 1. The Morgan fingerprint density at radius 3 is 2.79 bits per heavy atom. The number of halogens is 4. The monoisotopic (exact) mass is 381 g/mol. The lowest BCUT2D eigenvalue weighted by Gasteiger charge is -2.22. The summed E-state index contributed by atoms with van der Waals surface area (Å²) in [4.78, 5) is 12.7. The van der Waals surface area contributed by atoms with Crippen LogP contribution in [0.15, 0.2) is 18.2 Å². The molecule has 1 aromatic rings. The van der Waals surface area contributed by atoms with E-state index < -0.39 is 18.1 Å². The fraction of sp³-hybridized carbons (Fsp3) is 0.429.